The van der Waals surface area contributed by atoms with Crippen molar-refractivity contribution in [1.82, 2.24) is 4.98 Å². The van der Waals surface area contributed by atoms with Crippen LogP contribution in [0.15, 0.2) is 36.5 Å². The number of pyridine rings is 1. The van der Waals surface area contributed by atoms with E-state index in [-0.39, 0.29) is 5.82 Å². The van der Waals surface area contributed by atoms with Gasteiger partial charge in [-0.1, -0.05) is 83.8 Å². The Balaban J connectivity index is 1.48. The average Bonchev–Trinajstić information content (AvgIpc) is 2.82. The summed E-state index contributed by atoms with van der Waals surface area (Å²) in [6, 6.07) is 9.91. The van der Waals surface area contributed by atoms with Crippen molar-refractivity contribution in [2.45, 2.75) is 116 Å². The van der Waals surface area contributed by atoms with E-state index in [4.69, 9.17) is 0 Å². The van der Waals surface area contributed by atoms with E-state index in [9.17, 15) is 4.39 Å². The number of rotatable bonds is 13. The van der Waals surface area contributed by atoms with Gasteiger partial charge in [-0.25, -0.2) is 4.39 Å². The van der Waals surface area contributed by atoms with Crippen LogP contribution in [0.4, 0.5) is 4.39 Å². The molecule has 0 N–H and O–H groups in total. The molecule has 1 fully saturated rings. The fourth-order valence-corrected chi connectivity index (χ4v) is 5.30. The molecule has 0 atom stereocenters. The molecule has 32 heavy (non-hydrogen) atoms. The first kappa shape index (κ1) is 24.9. The van der Waals surface area contributed by atoms with Gasteiger partial charge in [0.1, 0.15) is 5.82 Å². The lowest BCUT2D eigenvalue weighted by atomic mass is 9.77. The molecular formula is C30H44FN. The first-order valence-corrected chi connectivity index (χ1v) is 13.5. The lowest BCUT2D eigenvalue weighted by molar-refractivity contribution is 0.301. The third-order valence-corrected chi connectivity index (χ3v) is 7.45. The van der Waals surface area contributed by atoms with Crippen molar-refractivity contribution < 1.29 is 4.39 Å². The van der Waals surface area contributed by atoms with Crippen LogP contribution in [-0.2, 0) is 6.42 Å². The number of nitrogens with zero attached hydrogens (tertiary/aromatic N) is 1. The van der Waals surface area contributed by atoms with Gasteiger partial charge in [0.15, 0.2) is 0 Å². The van der Waals surface area contributed by atoms with Crippen molar-refractivity contribution in [3.8, 4) is 11.3 Å². The van der Waals surface area contributed by atoms with Crippen LogP contribution in [0.5, 0.6) is 0 Å². The van der Waals surface area contributed by atoms with Crippen molar-refractivity contribution in [3.63, 3.8) is 0 Å². The molecule has 1 aromatic heterocycles. The molecule has 1 saturated carbocycles. The Morgan fingerprint density at radius 3 is 2.19 bits per heavy atom. The second kappa shape index (κ2) is 13.8. The third-order valence-electron chi connectivity index (χ3n) is 7.45. The highest BCUT2D eigenvalue weighted by Crippen LogP contribution is 2.38. The van der Waals surface area contributed by atoms with Crippen LogP contribution in [0.1, 0.15) is 121 Å². The monoisotopic (exact) mass is 437 g/mol. The van der Waals surface area contributed by atoms with Crippen molar-refractivity contribution in [3.05, 3.63) is 53.5 Å². The van der Waals surface area contributed by atoms with E-state index in [1.807, 2.05) is 18.3 Å². The maximum absolute atomic E-state index is 14.7. The maximum Gasteiger partial charge on any atom is 0.132 e. The third kappa shape index (κ3) is 7.71. The van der Waals surface area contributed by atoms with Gasteiger partial charge in [0.05, 0.1) is 5.69 Å². The molecule has 2 aromatic rings. The van der Waals surface area contributed by atoms with E-state index in [2.05, 4.69) is 31.0 Å². The molecule has 1 aliphatic carbocycles. The zero-order valence-corrected chi connectivity index (χ0v) is 20.6. The summed E-state index contributed by atoms with van der Waals surface area (Å²) < 4.78 is 14.7. The molecule has 0 unspecified atom stereocenters. The lowest BCUT2D eigenvalue weighted by Crippen LogP contribution is -2.13. The van der Waals surface area contributed by atoms with E-state index in [1.165, 1.54) is 89.0 Å². The Bertz CT molecular complexity index is 774. The summed E-state index contributed by atoms with van der Waals surface area (Å²) >= 11 is 0. The highest BCUT2D eigenvalue weighted by molar-refractivity contribution is 5.60. The van der Waals surface area contributed by atoms with Crippen LogP contribution in [0.2, 0.25) is 0 Å². The molecule has 1 aliphatic rings. The van der Waals surface area contributed by atoms with Crippen LogP contribution in [0.3, 0.4) is 0 Å². The van der Waals surface area contributed by atoms with E-state index in [1.54, 1.807) is 6.07 Å². The summed E-state index contributed by atoms with van der Waals surface area (Å²) in [6.45, 7) is 4.50. The zero-order chi connectivity index (χ0) is 22.6. The van der Waals surface area contributed by atoms with Gasteiger partial charge in [0.2, 0.25) is 0 Å². The fraction of sp³-hybridized carbons (Fsp3) is 0.633. The zero-order valence-electron chi connectivity index (χ0n) is 20.6. The summed E-state index contributed by atoms with van der Waals surface area (Å²) in [7, 11) is 0. The van der Waals surface area contributed by atoms with Gasteiger partial charge in [-0.3, -0.25) is 4.98 Å². The molecule has 2 heteroatoms. The molecule has 3 rings (SSSR count). The molecule has 0 saturated heterocycles. The molecule has 0 bridgehead atoms. The summed E-state index contributed by atoms with van der Waals surface area (Å²) in [5.41, 5.74) is 3.81. The number of hydrogen-bond donors (Lipinski definition) is 0. The molecule has 0 amide bonds. The average molecular weight is 438 g/mol. The molecule has 0 radical (unpaired) electrons. The van der Waals surface area contributed by atoms with Gasteiger partial charge in [0.25, 0.3) is 0 Å². The largest absolute Gasteiger partial charge is 0.256 e. The fourth-order valence-electron chi connectivity index (χ4n) is 5.30. The number of benzene rings is 1. The van der Waals surface area contributed by atoms with Crippen molar-refractivity contribution in [2.75, 3.05) is 0 Å². The number of aromatic nitrogens is 1. The van der Waals surface area contributed by atoms with Crippen LogP contribution < -0.4 is 0 Å². The van der Waals surface area contributed by atoms with E-state index in [0.29, 0.717) is 11.5 Å². The minimum absolute atomic E-state index is 0.141. The topological polar surface area (TPSA) is 12.9 Å². The van der Waals surface area contributed by atoms with Gasteiger partial charge in [-0.15, -0.1) is 0 Å². The summed E-state index contributed by atoms with van der Waals surface area (Å²) in [5, 5.41) is 0. The Morgan fingerprint density at radius 2 is 1.53 bits per heavy atom. The van der Waals surface area contributed by atoms with Crippen molar-refractivity contribution in [2.24, 2.45) is 5.92 Å². The minimum atomic E-state index is -0.141. The highest BCUT2D eigenvalue weighted by atomic mass is 19.1. The van der Waals surface area contributed by atoms with Crippen LogP contribution in [0.25, 0.3) is 11.3 Å². The van der Waals surface area contributed by atoms with E-state index in [0.717, 1.165) is 30.0 Å². The van der Waals surface area contributed by atoms with Gasteiger partial charge in [-0.2, -0.15) is 0 Å². The Labute approximate surface area is 196 Å². The van der Waals surface area contributed by atoms with Crippen LogP contribution in [-0.4, -0.2) is 4.98 Å². The van der Waals surface area contributed by atoms with Gasteiger partial charge >= 0.3 is 0 Å². The van der Waals surface area contributed by atoms with Gasteiger partial charge in [-0.05, 0) is 79.7 Å². The van der Waals surface area contributed by atoms with E-state index < -0.39 is 0 Å². The smallest absolute Gasteiger partial charge is 0.132 e. The molecule has 0 aliphatic heterocycles. The summed E-state index contributed by atoms with van der Waals surface area (Å²) in [6.07, 6.45) is 21.5. The first-order valence-electron chi connectivity index (χ1n) is 13.5. The number of hydrogen-bond acceptors (Lipinski definition) is 1. The van der Waals surface area contributed by atoms with E-state index >= 15 is 0 Å². The Kier molecular flexibility index (Phi) is 10.7. The second-order valence-corrected chi connectivity index (χ2v) is 10.0. The number of aryl methyl sites for hydroxylation is 1. The molecule has 1 heterocycles. The lowest BCUT2D eigenvalue weighted by Gasteiger charge is -2.28. The van der Waals surface area contributed by atoms with Crippen LogP contribution in [0, 0.1) is 11.7 Å². The molecule has 176 valence electrons. The molecule has 1 aromatic carbocycles. The number of unbranched alkanes of at least 4 members (excludes halogenated alkanes) is 7. The maximum atomic E-state index is 14.7. The van der Waals surface area contributed by atoms with Crippen LogP contribution >= 0.6 is 0 Å². The normalized spacial score (nSPS) is 18.7. The summed E-state index contributed by atoms with van der Waals surface area (Å²) in [4.78, 5) is 4.66. The predicted octanol–water partition coefficient (Wildman–Crippen LogP) is 9.64. The van der Waals surface area contributed by atoms with Crippen molar-refractivity contribution in [1.29, 1.82) is 0 Å². The molecular weight excluding hydrogens is 393 g/mol. The minimum Gasteiger partial charge on any atom is -0.256 e. The predicted molar refractivity (Wildman–Crippen MR) is 136 cm³/mol. The standard InChI is InChI=1S/C30H44FN/c1-3-5-7-9-11-12-24-14-17-26(18-15-24)27-19-21-30(32-23-27)28-20-16-25(22-29(28)31)13-10-8-6-4-2/h16,19-24,26H,3-15,17-18H2,1-2H3/t24-,26-. The Morgan fingerprint density at radius 1 is 0.812 bits per heavy atom. The quantitative estimate of drug-likeness (QED) is 0.284. The first-order chi connectivity index (χ1) is 15.7. The second-order valence-electron chi connectivity index (χ2n) is 10.0. The molecule has 0 spiro atoms. The SMILES string of the molecule is CCCCCCC[C@H]1CC[C@H](c2ccc(-c3ccc(CCCCCC)cc3F)nc2)CC1. The molecule has 1 nitrogen and oxygen atoms in total. The Hall–Kier alpha value is -1.70. The van der Waals surface area contributed by atoms with Crippen molar-refractivity contribution >= 4 is 0 Å². The summed E-state index contributed by atoms with van der Waals surface area (Å²) in [5.74, 6) is 1.41. The van der Waals surface area contributed by atoms with Gasteiger partial charge < -0.3 is 0 Å². The highest BCUT2D eigenvalue weighted by Gasteiger charge is 2.22. The number of halogens is 1. The van der Waals surface area contributed by atoms with Gasteiger partial charge in [0, 0.05) is 11.8 Å².